The molecule has 0 heterocycles. The first-order valence-electron chi connectivity index (χ1n) is 6.79. The third-order valence-electron chi connectivity index (χ3n) is 2.77. The summed E-state index contributed by atoms with van der Waals surface area (Å²) in [6.07, 6.45) is 0. The molecule has 2 N–H and O–H groups in total. The van der Waals surface area contributed by atoms with Crippen molar-refractivity contribution in [3.8, 4) is 0 Å². The highest BCUT2D eigenvalue weighted by molar-refractivity contribution is 6.35. The Kier molecular flexibility index (Phi) is 5.84. The second-order valence-electron chi connectivity index (χ2n) is 4.54. The lowest BCUT2D eigenvalue weighted by Crippen LogP contribution is -2.19. The Balaban J connectivity index is 1.98. The highest BCUT2D eigenvalue weighted by atomic mass is 35.5. The minimum absolute atomic E-state index is 0.309. The van der Waals surface area contributed by atoms with Crippen molar-refractivity contribution in [3.05, 3.63) is 58.1 Å². The molecule has 0 bridgehead atoms. The van der Waals surface area contributed by atoms with Crippen LogP contribution >= 0.6 is 23.2 Å². The first kappa shape index (κ1) is 17.1. The maximum absolute atomic E-state index is 11.9. The fourth-order valence-electron chi connectivity index (χ4n) is 1.82. The van der Waals surface area contributed by atoms with Crippen molar-refractivity contribution in [2.45, 2.75) is 6.92 Å². The summed E-state index contributed by atoms with van der Waals surface area (Å²) in [5.41, 5.74) is 1.42. The number of carbonyl (C=O) groups is 2. The quantitative estimate of drug-likeness (QED) is 0.775. The zero-order chi connectivity index (χ0) is 16.8. The monoisotopic (exact) mass is 352 g/mol. The summed E-state index contributed by atoms with van der Waals surface area (Å²) >= 11 is 11.7. The molecule has 2 rings (SSSR count). The van der Waals surface area contributed by atoms with Gasteiger partial charge in [0.1, 0.15) is 0 Å². The summed E-state index contributed by atoms with van der Waals surface area (Å²) in [4.78, 5) is 23.5. The molecule has 2 aromatic rings. The van der Waals surface area contributed by atoms with E-state index < -0.39 is 12.0 Å². The molecule has 2 aromatic carbocycles. The zero-order valence-electron chi connectivity index (χ0n) is 12.2. The number of carbonyl (C=O) groups excluding carboxylic acids is 2. The molecule has 0 atom stereocenters. The summed E-state index contributed by atoms with van der Waals surface area (Å²) in [5.74, 6) is -0.405. The topological polar surface area (TPSA) is 67.4 Å². The van der Waals surface area contributed by atoms with Crippen LogP contribution in [-0.2, 0) is 4.74 Å². The Morgan fingerprint density at radius 1 is 0.957 bits per heavy atom. The lowest BCUT2D eigenvalue weighted by Gasteiger charge is -2.09. The van der Waals surface area contributed by atoms with Crippen LogP contribution in [0.15, 0.2) is 42.5 Å². The molecular weight excluding hydrogens is 339 g/mol. The fourth-order valence-corrected chi connectivity index (χ4v) is 2.35. The molecule has 0 aliphatic heterocycles. The molecule has 2 amide bonds. The van der Waals surface area contributed by atoms with Crippen LogP contribution in [0.5, 0.6) is 0 Å². The van der Waals surface area contributed by atoms with Gasteiger partial charge in [0.05, 0.1) is 12.2 Å². The Morgan fingerprint density at radius 3 is 2.09 bits per heavy atom. The van der Waals surface area contributed by atoms with E-state index in [1.54, 1.807) is 49.4 Å². The third kappa shape index (κ3) is 5.16. The van der Waals surface area contributed by atoms with Gasteiger partial charge in [0.15, 0.2) is 0 Å². The minimum atomic E-state index is -0.452. The van der Waals surface area contributed by atoms with E-state index in [4.69, 9.17) is 27.9 Å². The summed E-state index contributed by atoms with van der Waals surface area (Å²) in [7, 11) is 0. The lowest BCUT2D eigenvalue weighted by atomic mass is 10.2. The molecule has 23 heavy (non-hydrogen) atoms. The van der Waals surface area contributed by atoms with Gasteiger partial charge in [0.25, 0.3) is 0 Å². The van der Waals surface area contributed by atoms with Crippen LogP contribution in [0.2, 0.25) is 10.0 Å². The van der Waals surface area contributed by atoms with Crippen molar-refractivity contribution < 1.29 is 14.3 Å². The van der Waals surface area contributed by atoms with Crippen LogP contribution in [0.25, 0.3) is 0 Å². The van der Waals surface area contributed by atoms with E-state index in [0.29, 0.717) is 33.6 Å². The highest BCUT2D eigenvalue weighted by Crippen LogP contribution is 2.22. The van der Waals surface area contributed by atoms with Crippen molar-refractivity contribution in [1.29, 1.82) is 0 Å². The van der Waals surface area contributed by atoms with Crippen molar-refractivity contribution in [2.75, 3.05) is 17.2 Å². The van der Waals surface area contributed by atoms with Gasteiger partial charge in [-0.05, 0) is 49.4 Å². The molecule has 0 saturated heterocycles. The molecule has 0 aliphatic rings. The van der Waals surface area contributed by atoms with Gasteiger partial charge < -0.3 is 15.4 Å². The van der Waals surface area contributed by atoms with E-state index in [1.165, 1.54) is 0 Å². The van der Waals surface area contributed by atoms with E-state index in [1.807, 2.05) is 0 Å². The van der Waals surface area contributed by atoms with Crippen molar-refractivity contribution in [3.63, 3.8) is 0 Å². The molecule has 0 saturated carbocycles. The second kappa shape index (κ2) is 7.85. The Labute approximate surface area is 143 Å². The van der Waals surface area contributed by atoms with Gasteiger partial charge in [-0.1, -0.05) is 23.2 Å². The molecule has 7 heteroatoms. The lowest BCUT2D eigenvalue weighted by molar-refractivity contribution is 0.0526. The van der Waals surface area contributed by atoms with Crippen molar-refractivity contribution in [1.82, 2.24) is 0 Å². The second-order valence-corrected chi connectivity index (χ2v) is 5.41. The maximum atomic E-state index is 11.9. The summed E-state index contributed by atoms with van der Waals surface area (Å²) in [5, 5.41) is 6.10. The van der Waals surface area contributed by atoms with Gasteiger partial charge >= 0.3 is 12.0 Å². The number of hydrogen-bond donors (Lipinski definition) is 2. The van der Waals surface area contributed by atoms with Crippen molar-refractivity contribution >= 4 is 46.6 Å². The molecule has 0 fully saturated rings. The number of esters is 1. The molecule has 5 nitrogen and oxygen atoms in total. The first-order chi connectivity index (χ1) is 11.0. The predicted molar refractivity (Wildman–Crippen MR) is 91.5 cm³/mol. The van der Waals surface area contributed by atoms with E-state index in [-0.39, 0.29) is 0 Å². The van der Waals surface area contributed by atoms with E-state index in [9.17, 15) is 9.59 Å². The smallest absolute Gasteiger partial charge is 0.338 e. The van der Waals surface area contributed by atoms with Crippen LogP contribution < -0.4 is 10.6 Å². The summed E-state index contributed by atoms with van der Waals surface area (Å²) in [6, 6.07) is 10.6. The Morgan fingerprint density at radius 2 is 1.52 bits per heavy atom. The Bertz CT molecular complexity index is 698. The fraction of sp³-hybridized carbons (Fsp3) is 0.125. The number of halogens is 2. The number of benzene rings is 2. The predicted octanol–water partition coefficient (Wildman–Crippen LogP) is 4.81. The molecule has 0 aromatic heterocycles. The number of urea groups is 1. The minimum Gasteiger partial charge on any atom is -0.462 e. The average molecular weight is 353 g/mol. The van der Waals surface area contributed by atoms with E-state index in [2.05, 4.69) is 10.6 Å². The zero-order valence-corrected chi connectivity index (χ0v) is 13.7. The largest absolute Gasteiger partial charge is 0.462 e. The van der Waals surface area contributed by atoms with Gasteiger partial charge in [-0.25, -0.2) is 9.59 Å². The highest BCUT2D eigenvalue weighted by Gasteiger charge is 2.08. The standard InChI is InChI=1S/C16H14Cl2N2O3/c1-2-23-15(21)10-3-5-13(6-4-10)19-16(22)20-14-8-11(17)7-12(18)9-14/h3-9H,2H2,1H3,(H2,19,20,22). The molecule has 0 spiro atoms. The summed E-state index contributed by atoms with van der Waals surface area (Å²) < 4.78 is 4.89. The number of ether oxygens (including phenoxy) is 1. The molecular formula is C16H14Cl2N2O3. The van der Waals surface area contributed by atoms with E-state index >= 15 is 0 Å². The SMILES string of the molecule is CCOC(=O)c1ccc(NC(=O)Nc2cc(Cl)cc(Cl)c2)cc1. The van der Waals surface area contributed by atoms with Crippen molar-refractivity contribution in [2.24, 2.45) is 0 Å². The number of rotatable bonds is 4. The third-order valence-corrected chi connectivity index (χ3v) is 3.21. The normalized spacial score (nSPS) is 10.0. The molecule has 0 aliphatic carbocycles. The van der Waals surface area contributed by atoms with Crippen LogP contribution in [0.1, 0.15) is 17.3 Å². The molecule has 0 unspecified atom stereocenters. The first-order valence-corrected chi connectivity index (χ1v) is 7.55. The van der Waals surface area contributed by atoms with Crippen LogP contribution in [0.3, 0.4) is 0 Å². The van der Waals surface area contributed by atoms with Gasteiger partial charge in [-0.3, -0.25) is 0 Å². The summed E-state index contributed by atoms with van der Waals surface area (Å²) in [6.45, 7) is 2.05. The maximum Gasteiger partial charge on any atom is 0.338 e. The molecule has 120 valence electrons. The van der Waals surface area contributed by atoms with Crippen LogP contribution in [0.4, 0.5) is 16.2 Å². The average Bonchev–Trinajstić information content (AvgIpc) is 2.47. The number of anilines is 2. The number of hydrogen-bond acceptors (Lipinski definition) is 3. The van der Waals surface area contributed by atoms with Gasteiger partial charge in [0.2, 0.25) is 0 Å². The molecule has 0 radical (unpaired) electrons. The van der Waals surface area contributed by atoms with Gasteiger partial charge in [0, 0.05) is 21.4 Å². The van der Waals surface area contributed by atoms with E-state index in [0.717, 1.165) is 0 Å². The van der Waals surface area contributed by atoms with Gasteiger partial charge in [-0.2, -0.15) is 0 Å². The van der Waals surface area contributed by atoms with Crippen LogP contribution in [0, 0.1) is 0 Å². The van der Waals surface area contributed by atoms with Crippen LogP contribution in [-0.4, -0.2) is 18.6 Å². The number of nitrogens with one attached hydrogen (secondary N) is 2. The van der Waals surface area contributed by atoms with Gasteiger partial charge in [-0.15, -0.1) is 0 Å². The number of amides is 2. The Hall–Kier alpha value is -2.24.